The number of fused-ring (bicyclic) bond motifs is 1. The van der Waals surface area contributed by atoms with Crippen LogP contribution in [0.2, 0.25) is 5.02 Å². The number of thiophene rings is 1. The Labute approximate surface area is 117 Å². The maximum Gasteiger partial charge on any atom is 0.0730 e. The Morgan fingerprint density at radius 1 is 1.39 bits per heavy atom. The van der Waals surface area contributed by atoms with Gasteiger partial charge in [-0.2, -0.15) is 0 Å². The Bertz CT molecular complexity index is 536. The second-order valence-corrected chi connectivity index (χ2v) is 6.10. The molecule has 4 heteroatoms. The maximum absolute atomic E-state index is 6.25. The molecule has 0 radical (unpaired) electrons. The lowest BCUT2D eigenvalue weighted by Crippen LogP contribution is -2.21. The number of nitrogens with one attached hydrogen (secondary N) is 1. The van der Waals surface area contributed by atoms with Gasteiger partial charge in [0.25, 0.3) is 0 Å². The molecule has 0 saturated carbocycles. The molecule has 0 spiro atoms. The highest BCUT2D eigenvalue weighted by atomic mass is 35.5. The number of benzene rings is 1. The van der Waals surface area contributed by atoms with E-state index in [1.807, 2.05) is 12.1 Å². The van der Waals surface area contributed by atoms with Gasteiger partial charge in [-0.3, -0.25) is 0 Å². The Balaban J connectivity index is 2.43. The minimum Gasteiger partial charge on any atom is -0.380 e. The van der Waals surface area contributed by atoms with E-state index in [-0.39, 0.29) is 0 Å². The third-order valence-electron chi connectivity index (χ3n) is 2.81. The molecule has 18 heavy (non-hydrogen) atoms. The summed E-state index contributed by atoms with van der Waals surface area (Å²) in [6, 6.07) is 6.53. The van der Waals surface area contributed by atoms with E-state index in [0.29, 0.717) is 12.6 Å². The van der Waals surface area contributed by atoms with Gasteiger partial charge in [-0.05, 0) is 11.5 Å². The minimum atomic E-state index is 0.473. The van der Waals surface area contributed by atoms with Gasteiger partial charge >= 0.3 is 0 Å². The summed E-state index contributed by atoms with van der Waals surface area (Å²) < 4.78 is 6.48. The molecule has 0 aliphatic rings. The molecule has 2 nitrogen and oxygen atoms in total. The lowest BCUT2D eigenvalue weighted by molar-refractivity contribution is 0.185. The van der Waals surface area contributed by atoms with E-state index in [2.05, 4.69) is 25.2 Å². The van der Waals surface area contributed by atoms with Crippen molar-refractivity contribution in [3.05, 3.63) is 33.7 Å². The molecule has 1 aromatic carbocycles. The summed E-state index contributed by atoms with van der Waals surface area (Å²) in [4.78, 5) is 1.31. The van der Waals surface area contributed by atoms with Crippen molar-refractivity contribution in [2.45, 2.75) is 33.0 Å². The quantitative estimate of drug-likeness (QED) is 0.888. The van der Waals surface area contributed by atoms with Crippen LogP contribution in [0.25, 0.3) is 10.1 Å². The number of hydrogen-bond acceptors (Lipinski definition) is 3. The van der Waals surface area contributed by atoms with E-state index in [1.165, 1.54) is 15.8 Å². The first-order valence-corrected chi connectivity index (χ1v) is 7.24. The number of rotatable bonds is 5. The second kappa shape index (κ2) is 6.02. The first-order chi connectivity index (χ1) is 8.63. The summed E-state index contributed by atoms with van der Waals surface area (Å²) in [5.41, 5.74) is 1.26. The summed E-state index contributed by atoms with van der Waals surface area (Å²) >= 11 is 8.01. The van der Waals surface area contributed by atoms with Gasteiger partial charge in [0, 0.05) is 30.1 Å². The zero-order chi connectivity index (χ0) is 13.1. The summed E-state index contributed by atoms with van der Waals surface area (Å²) in [6.45, 7) is 5.80. The molecular formula is C14H18ClNOS. The zero-order valence-electron chi connectivity index (χ0n) is 10.9. The summed E-state index contributed by atoms with van der Waals surface area (Å²) in [6.07, 6.45) is 0. The summed E-state index contributed by atoms with van der Waals surface area (Å²) in [5.74, 6) is 0. The van der Waals surface area contributed by atoms with Crippen LogP contribution in [0.15, 0.2) is 18.2 Å². The standard InChI is InChI=1S/C14H18ClNOS/c1-9(2)16-7-13-11(8-17-3)10-5-4-6-12(15)14(10)18-13/h4-6,9,16H,7-8H2,1-3H3. The minimum absolute atomic E-state index is 0.473. The van der Waals surface area contributed by atoms with E-state index < -0.39 is 0 Å². The van der Waals surface area contributed by atoms with Gasteiger partial charge in [-0.25, -0.2) is 0 Å². The van der Waals surface area contributed by atoms with Gasteiger partial charge in [0.1, 0.15) is 0 Å². The van der Waals surface area contributed by atoms with E-state index in [1.54, 1.807) is 18.4 Å². The van der Waals surface area contributed by atoms with Crippen molar-refractivity contribution < 1.29 is 4.74 Å². The van der Waals surface area contributed by atoms with E-state index >= 15 is 0 Å². The largest absolute Gasteiger partial charge is 0.380 e. The normalized spacial score (nSPS) is 11.6. The van der Waals surface area contributed by atoms with Gasteiger partial charge in [-0.15, -0.1) is 11.3 Å². The molecule has 0 bridgehead atoms. The van der Waals surface area contributed by atoms with Crippen LogP contribution >= 0.6 is 22.9 Å². The van der Waals surface area contributed by atoms with Crippen molar-refractivity contribution in [1.29, 1.82) is 0 Å². The van der Waals surface area contributed by atoms with E-state index in [0.717, 1.165) is 16.3 Å². The predicted octanol–water partition coefficient (Wildman–Crippen LogP) is 4.20. The molecule has 0 fully saturated rings. The van der Waals surface area contributed by atoms with Gasteiger partial charge in [0.2, 0.25) is 0 Å². The van der Waals surface area contributed by atoms with Crippen LogP contribution in [-0.2, 0) is 17.9 Å². The molecule has 0 atom stereocenters. The van der Waals surface area contributed by atoms with Crippen molar-refractivity contribution in [1.82, 2.24) is 5.32 Å². The number of methoxy groups -OCH3 is 1. The number of halogens is 1. The maximum atomic E-state index is 6.25. The molecule has 0 aliphatic carbocycles. The van der Waals surface area contributed by atoms with Gasteiger partial charge in [-0.1, -0.05) is 37.6 Å². The zero-order valence-corrected chi connectivity index (χ0v) is 12.5. The molecule has 0 saturated heterocycles. The SMILES string of the molecule is COCc1c(CNC(C)C)sc2c(Cl)cccc12. The van der Waals surface area contributed by atoms with Crippen LogP contribution in [0.5, 0.6) is 0 Å². The average molecular weight is 284 g/mol. The first-order valence-electron chi connectivity index (χ1n) is 6.04. The van der Waals surface area contributed by atoms with Crippen molar-refractivity contribution in [2.75, 3.05) is 7.11 Å². The molecule has 1 aromatic heterocycles. The van der Waals surface area contributed by atoms with Crippen molar-refractivity contribution in [2.24, 2.45) is 0 Å². The smallest absolute Gasteiger partial charge is 0.0730 e. The highest BCUT2D eigenvalue weighted by Crippen LogP contribution is 2.36. The lowest BCUT2D eigenvalue weighted by Gasteiger charge is -2.08. The van der Waals surface area contributed by atoms with E-state index in [9.17, 15) is 0 Å². The molecule has 0 unspecified atom stereocenters. The van der Waals surface area contributed by atoms with Crippen LogP contribution in [0.3, 0.4) is 0 Å². The summed E-state index contributed by atoms with van der Waals surface area (Å²) in [5, 5.41) is 5.49. The Morgan fingerprint density at radius 2 is 2.17 bits per heavy atom. The van der Waals surface area contributed by atoms with E-state index in [4.69, 9.17) is 16.3 Å². The molecule has 2 rings (SSSR count). The van der Waals surface area contributed by atoms with Crippen molar-refractivity contribution >= 4 is 33.0 Å². The molecular weight excluding hydrogens is 266 g/mol. The van der Waals surface area contributed by atoms with Crippen LogP contribution in [0.1, 0.15) is 24.3 Å². The predicted molar refractivity (Wildman–Crippen MR) is 79.5 cm³/mol. The summed E-state index contributed by atoms with van der Waals surface area (Å²) in [7, 11) is 1.73. The third-order valence-corrected chi connectivity index (χ3v) is 4.52. The van der Waals surface area contributed by atoms with Crippen LogP contribution in [-0.4, -0.2) is 13.2 Å². The highest BCUT2D eigenvalue weighted by molar-refractivity contribution is 7.20. The van der Waals surface area contributed by atoms with Gasteiger partial charge in [0.15, 0.2) is 0 Å². The third kappa shape index (κ3) is 2.86. The first kappa shape index (κ1) is 13.8. The fourth-order valence-corrected chi connectivity index (χ4v) is 3.38. The van der Waals surface area contributed by atoms with Crippen molar-refractivity contribution in [3.8, 4) is 0 Å². The Kier molecular flexibility index (Phi) is 4.62. The van der Waals surface area contributed by atoms with Crippen LogP contribution in [0.4, 0.5) is 0 Å². The molecule has 98 valence electrons. The average Bonchev–Trinajstić information content (AvgIpc) is 2.67. The molecule has 1 heterocycles. The Hall–Kier alpha value is -0.610. The topological polar surface area (TPSA) is 21.3 Å². The fraction of sp³-hybridized carbons (Fsp3) is 0.429. The number of hydrogen-bond donors (Lipinski definition) is 1. The molecule has 2 aromatic rings. The monoisotopic (exact) mass is 283 g/mol. The highest BCUT2D eigenvalue weighted by Gasteiger charge is 2.13. The van der Waals surface area contributed by atoms with Crippen LogP contribution < -0.4 is 5.32 Å². The fourth-order valence-electron chi connectivity index (χ4n) is 1.93. The lowest BCUT2D eigenvalue weighted by atomic mass is 10.1. The molecule has 0 amide bonds. The number of ether oxygens (including phenoxy) is 1. The van der Waals surface area contributed by atoms with Crippen LogP contribution in [0, 0.1) is 0 Å². The van der Waals surface area contributed by atoms with Gasteiger partial charge < -0.3 is 10.1 Å². The molecule has 1 N–H and O–H groups in total. The second-order valence-electron chi connectivity index (χ2n) is 4.59. The van der Waals surface area contributed by atoms with Crippen molar-refractivity contribution in [3.63, 3.8) is 0 Å². The van der Waals surface area contributed by atoms with Gasteiger partial charge in [0.05, 0.1) is 16.3 Å². The Morgan fingerprint density at radius 3 is 2.83 bits per heavy atom. The molecule has 0 aliphatic heterocycles.